The number of nitrogens with one attached hydrogen (secondary N) is 1. The number of ether oxygens (including phenoxy) is 1. The second kappa shape index (κ2) is 12.3. The van der Waals surface area contributed by atoms with Crippen molar-refractivity contribution >= 4 is 11.0 Å². The average molecular weight is 636 g/mol. The van der Waals surface area contributed by atoms with E-state index in [2.05, 4.69) is 36.0 Å². The van der Waals surface area contributed by atoms with E-state index < -0.39 is 17.4 Å². The third-order valence-electron chi connectivity index (χ3n) is 9.86. The van der Waals surface area contributed by atoms with Gasteiger partial charge < -0.3 is 14.8 Å². The van der Waals surface area contributed by atoms with Crippen LogP contribution in [0.2, 0.25) is 0 Å². The minimum atomic E-state index is -4.59. The van der Waals surface area contributed by atoms with Crippen molar-refractivity contribution in [2.45, 2.75) is 81.4 Å². The molecule has 0 aromatic carbocycles. The van der Waals surface area contributed by atoms with E-state index in [9.17, 15) is 23.5 Å². The molecule has 4 aromatic heterocycles. The Morgan fingerprint density at radius 2 is 1.96 bits per heavy atom. The lowest BCUT2D eigenvalue weighted by atomic mass is 9.69. The van der Waals surface area contributed by atoms with E-state index in [0.29, 0.717) is 31.4 Å². The molecule has 1 unspecified atom stereocenters. The third-order valence-corrected chi connectivity index (χ3v) is 9.86. The molecule has 14 heteroatoms. The monoisotopic (exact) mass is 635 g/mol. The fraction of sp³-hybridized carbons (Fsp3) is 0.531. The summed E-state index contributed by atoms with van der Waals surface area (Å²) in [7, 11) is 0. The van der Waals surface area contributed by atoms with Crippen molar-refractivity contribution in [1.82, 2.24) is 39.5 Å². The number of hydrogen-bond donors (Lipinski definition) is 2. The number of likely N-dealkylation sites (tertiary alicyclic amines) is 2. The number of nitrogens with zero attached hydrogens (tertiary/aromatic N) is 8. The second-order valence-electron chi connectivity index (χ2n) is 12.8. The Morgan fingerprint density at radius 3 is 2.72 bits per heavy atom. The Hall–Kier alpha value is -4.06. The van der Waals surface area contributed by atoms with Crippen LogP contribution in [0.15, 0.2) is 43.1 Å². The summed E-state index contributed by atoms with van der Waals surface area (Å²) in [4.78, 5) is 20.1. The number of alkyl halides is 3. The average Bonchev–Trinajstić information content (AvgIpc) is 3.80. The van der Waals surface area contributed by atoms with Crippen LogP contribution in [-0.4, -0.2) is 89.1 Å². The molecule has 2 aliphatic heterocycles. The van der Waals surface area contributed by atoms with E-state index in [1.165, 1.54) is 6.33 Å². The van der Waals surface area contributed by atoms with E-state index in [0.717, 1.165) is 73.7 Å². The van der Waals surface area contributed by atoms with E-state index in [1.54, 1.807) is 12.3 Å². The number of aromatic amines is 1. The zero-order valence-corrected chi connectivity index (χ0v) is 25.3. The molecule has 0 radical (unpaired) electrons. The van der Waals surface area contributed by atoms with Gasteiger partial charge in [0.2, 0.25) is 5.88 Å². The fourth-order valence-electron chi connectivity index (χ4n) is 7.37. The van der Waals surface area contributed by atoms with E-state index in [1.807, 2.05) is 28.0 Å². The smallest absolute Gasteiger partial charge is 0.433 e. The number of H-pyrrole nitrogens is 1. The zero-order chi connectivity index (χ0) is 31.9. The molecule has 0 bridgehead atoms. The van der Waals surface area contributed by atoms with Gasteiger partial charge in [0, 0.05) is 61.1 Å². The summed E-state index contributed by atoms with van der Waals surface area (Å²) < 4.78 is 49.2. The number of fused-ring (bicyclic) bond motifs is 1. The van der Waals surface area contributed by atoms with Gasteiger partial charge in [-0.05, 0) is 62.8 Å². The molecule has 2 N–H and O–H groups in total. The van der Waals surface area contributed by atoms with Gasteiger partial charge in [-0.2, -0.15) is 23.5 Å². The maximum Gasteiger partial charge on any atom is 0.433 e. The molecule has 1 atom stereocenters. The number of pyridine rings is 1. The van der Waals surface area contributed by atoms with Gasteiger partial charge in [-0.1, -0.05) is 0 Å². The van der Waals surface area contributed by atoms with Crippen LogP contribution >= 0.6 is 0 Å². The highest BCUT2D eigenvalue weighted by molar-refractivity contribution is 5.90. The maximum atomic E-state index is 13.7. The van der Waals surface area contributed by atoms with Crippen LogP contribution in [0, 0.1) is 11.3 Å². The van der Waals surface area contributed by atoms with Crippen molar-refractivity contribution in [2.24, 2.45) is 0 Å². The molecule has 6 heterocycles. The first kappa shape index (κ1) is 30.6. The standard InChI is InChI=1S/C32H36F3N9O2/c33-32(34,35)27-12-21(17-43-9-1-2-23(43)19-45)13-28(41-27)46-25-4-10-42(11-5-25)24-14-31(15-24,6-7-36)44-18-22(16-40-44)29-26-3-8-37-30(26)39-20-38-29/h3,8,12-13,16,18,20,23-25,45H,1-2,4-6,9-11,14-15,17,19H2,(H,37,38,39). The number of aromatic nitrogens is 6. The van der Waals surface area contributed by atoms with Crippen molar-refractivity contribution < 1.29 is 23.0 Å². The van der Waals surface area contributed by atoms with Crippen LogP contribution in [-0.2, 0) is 18.3 Å². The predicted octanol–water partition coefficient (Wildman–Crippen LogP) is 4.51. The first-order valence-corrected chi connectivity index (χ1v) is 15.8. The summed E-state index contributed by atoms with van der Waals surface area (Å²) in [6.45, 7) is 2.52. The molecular formula is C32H36F3N9O2. The molecule has 0 amide bonds. The van der Waals surface area contributed by atoms with Gasteiger partial charge in [-0.15, -0.1) is 0 Å². The van der Waals surface area contributed by atoms with Gasteiger partial charge in [-0.3, -0.25) is 14.5 Å². The minimum Gasteiger partial charge on any atom is -0.474 e. The van der Waals surface area contributed by atoms with Crippen LogP contribution in [0.3, 0.4) is 0 Å². The van der Waals surface area contributed by atoms with Crippen molar-refractivity contribution in [3.05, 3.63) is 54.4 Å². The van der Waals surface area contributed by atoms with Gasteiger partial charge in [0.25, 0.3) is 0 Å². The Balaban J connectivity index is 0.984. The summed E-state index contributed by atoms with van der Waals surface area (Å²) in [5, 5.41) is 24.9. The number of aliphatic hydroxyl groups excluding tert-OH is 1. The Kier molecular flexibility index (Phi) is 8.16. The lowest BCUT2D eigenvalue weighted by Gasteiger charge is -2.52. The number of piperidine rings is 1. The normalized spacial score (nSPS) is 24.7. The molecule has 46 heavy (non-hydrogen) atoms. The Bertz CT molecular complexity index is 1720. The highest BCUT2D eigenvalue weighted by Gasteiger charge is 2.49. The molecule has 242 valence electrons. The largest absolute Gasteiger partial charge is 0.474 e. The van der Waals surface area contributed by atoms with Crippen molar-refractivity contribution in [3.8, 4) is 23.2 Å². The first-order chi connectivity index (χ1) is 22.2. The zero-order valence-electron chi connectivity index (χ0n) is 25.3. The summed E-state index contributed by atoms with van der Waals surface area (Å²) >= 11 is 0. The molecular weight excluding hydrogens is 599 g/mol. The summed E-state index contributed by atoms with van der Waals surface area (Å²) in [6.07, 6.45) is 7.24. The number of rotatable bonds is 9. The molecule has 0 spiro atoms. The fourth-order valence-corrected chi connectivity index (χ4v) is 7.37. The SMILES string of the molecule is N#CCC1(n2cc(-c3ncnc4[nH]ccc34)cn2)CC(N2CCC(Oc3cc(CN4CCCC4CO)cc(C(F)(F)F)n3)CC2)C1. The molecule has 11 nitrogen and oxygen atoms in total. The van der Waals surface area contributed by atoms with Gasteiger partial charge in [-0.25, -0.2) is 15.0 Å². The van der Waals surface area contributed by atoms with Crippen molar-refractivity contribution in [2.75, 3.05) is 26.2 Å². The van der Waals surface area contributed by atoms with Crippen LogP contribution in [0.4, 0.5) is 13.2 Å². The van der Waals surface area contributed by atoms with Crippen molar-refractivity contribution in [3.63, 3.8) is 0 Å². The van der Waals surface area contributed by atoms with Crippen LogP contribution in [0.25, 0.3) is 22.3 Å². The lowest BCUT2D eigenvalue weighted by Crippen LogP contribution is -2.58. The molecule has 2 saturated heterocycles. The van der Waals surface area contributed by atoms with Crippen LogP contribution in [0.1, 0.15) is 56.2 Å². The predicted molar refractivity (Wildman–Crippen MR) is 161 cm³/mol. The Labute approximate surface area is 264 Å². The summed E-state index contributed by atoms with van der Waals surface area (Å²) in [5.74, 6) is -0.00482. The molecule has 7 rings (SSSR count). The first-order valence-electron chi connectivity index (χ1n) is 15.8. The number of nitriles is 1. The second-order valence-corrected chi connectivity index (χ2v) is 12.8. The molecule has 3 aliphatic rings. The topological polar surface area (TPSA) is 132 Å². The summed E-state index contributed by atoms with van der Waals surface area (Å²) in [5.41, 5.74) is 1.53. The molecule has 1 saturated carbocycles. The van der Waals surface area contributed by atoms with Gasteiger partial charge in [0.1, 0.15) is 23.8 Å². The van der Waals surface area contributed by atoms with E-state index >= 15 is 0 Å². The van der Waals surface area contributed by atoms with Gasteiger partial charge in [0.15, 0.2) is 0 Å². The highest BCUT2D eigenvalue weighted by Crippen LogP contribution is 2.46. The quantitative estimate of drug-likeness (QED) is 0.273. The van der Waals surface area contributed by atoms with E-state index in [-0.39, 0.29) is 30.7 Å². The number of hydrogen-bond acceptors (Lipinski definition) is 9. The highest BCUT2D eigenvalue weighted by atomic mass is 19.4. The minimum absolute atomic E-state index is 0.00482. The molecule has 3 fully saturated rings. The third kappa shape index (κ3) is 5.94. The van der Waals surface area contributed by atoms with Crippen LogP contribution < -0.4 is 4.74 Å². The Morgan fingerprint density at radius 1 is 1.13 bits per heavy atom. The van der Waals surface area contributed by atoms with E-state index in [4.69, 9.17) is 4.74 Å². The number of halogens is 3. The van der Waals surface area contributed by atoms with Gasteiger partial charge in [0.05, 0.1) is 36.5 Å². The maximum absolute atomic E-state index is 13.7. The summed E-state index contributed by atoms with van der Waals surface area (Å²) in [6, 6.07) is 7.22. The molecule has 1 aliphatic carbocycles. The molecule has 4 aromatic rings. The van der Waals surface area contributed by atoms with Crippen LogP contribution in [0.5, 0.6) is 5.88 Å². The van der Waals surface area contributed by atoms with Crippen molar-refractivity contribution in [1.29, 1.82) is 5.26 Å². The lowest BCUT2D eigenvalue weighted by molar-refractivity contribution is -0.141. The number of aliphatic hydroxyl groups is 1. The van der Waals surface area contributed by atoms with Gasteiger partial charge >= 0.3 is 6.18 Å².